The Balaban J connectivity index is 1.76. The zero-order valence-corrected chi connectivity index (χ0v) is 17.8. The lowest BCUT2D eigenvalue weighted by atomic mass is 9.82. The maximum Gasteiger partial charge on any atom is 0.196 e. The molecule has 0 atom stereocenters. The summed E-state index contributed by atoms with van der Waals surface area (Å²) < 4.78 is 12.2. The summed E-state index contributed by atoms with van der Waals surface area (Å²) in [5.41, 5.74) is 14.6. The van der Waals surface area contributed by atoms with E-state index in [2.05, 4.69) is 0 Å². The van der Waals surface area contributed by atoms with Crippen LogP contribution >= 0.6 is 0 Å². The van der Waals surface area contributed by atoms with Gasteiger partial charge in [0.25, 0.3) is 0 Å². The molecule has 4 aromatic rings. The molecule has 0 fully saturated rings. The van der Waals surface area contributed by atoms with Gasteiger partial charge in [-0.15, -0.1) is 0 Å². The molecule has 5 rings (SSSR count). The van der Waals surface area contributed by atoms with Gasteiger partial charge >= 0.3 is 0 Å². The van der Waals surface area contributed by atoms with E-state index in [9.17, 15) is 9.59 Å². The molecule has 4 N–H and O–H groups in total. The van der Waals surface area contributed by atoms with Crippen LogP contribution in [0, 0.1) is 6.92 Å². The van der Waals surface area contributed by atoms with E-state index >= 15 is 0 Å². The van der Waals surface area contributed by atoms with Gasteiger partial charge in [0.15, 0.2) is 23.1 Å². The van der Waals surface area contributed by atoms with E-state index < -0.39 is 0 Å². The molecule has 0 radical (unpaired) electrons. The van der Waals surface area contributed by atoms with Crippen molar-refractivity contribution in [3.8, 4) is 23.0 Å². The van der Waals surface area contributed by atoms with Crippen LogP contribution < -0.4 is 20.9 Å². The number of nitrogens with two attached hydrogens (primary N) is 2. The highest BCUT2D eigenvalue weighted by Gasteiger charge is 2.37. The molecule has 0 amide bonds. The van der Waals surface area contributed by atoms with Crippen molar-refractivity contribution in [1.82, 2.24) is 0 Å². The molecule has 0 spiro atoms. The van der Waals surface area contributed by atoms with Crippen molar-refractivity contribution in [1.29, 1.82) is 0 Å². The standard InChI is InChI=1S/C27H20N2O4/c1-15-8-7-11-17(14-15)33-27-23(29)21-20(22(28)26(27)32-16-9-3-2-4-10-16)24(30)18-12-5-6-13-19(18)25(21)31/h2-14H,28-29H2,1H3. The van der Waals surface area contributed by atoms with E-state index in [1.807, 2.05) is 31.2 Å². The molecule has 1 aliphatic rings. The Bertz CT molecular complexity index is 1430. The van der Waals surface area contributed by atoms with Gasteiger partial charge in [0.1, 0.15) is 11.5 Å². The largest absolute Gasteiger partial charge is 0.451 e. The highest BCUT2D eigenvalue weighted by atomic mass is 16.5. The van der Waals surface area contributed by atoms with Crippen molar-refractivity contribution >= 4 is 22.9 Å². The lowest BCUT2D eigenvalue weighted by Gasteiger charge is -2.25. The van der Waals surface area contributed by atoms with Gasteiger partial charge in [0.05, 0.1) is 22.5 Å². The van der Waals surface area contributed by atoms with Gasteiger partial charge in [-0.25, -0.2) is 0 Å². The fourth-order valence-corrected chi connectivity index (χ4v) is 3.97. The molecule has 33 heavy (non-hydrogen) atoms. The topological polar surface area (TPSA) is 105 Å². The van der Waals surface area contributed by atoms with Gasteiger partial charge in [-0.3, -0.25) is 9.59 Å². The average Bonchev–Trinajstić information content (AvgIpc) is 2.82. The molecule has 6 nitrogen and oxygen atoms in total. The minimum absolute atomic E-state index is 0.000472. The second-order valence-corrected chi connectivity index (χ2v) is 7.77. The summed E-state index contributed by atoms with van der Waals surface area (Å²) >= 11 is 0. The summed E-state index contributed by atoms with van der Waals surface area (Å²) in [6.45, 7) is 1.93. The fourth-order valence-electron chi connectivity index (χ4n) is 3.97. The number of hydrogen-bond donors (Lipinski definition) is 2. The highest BCUT2D eigenvalue weighted by Crippen LogP contribution is 2.50. The molecule has 162 valence electrons. The van der Waals surface area contributed by atoms with Crippen molar-refractivity contribution in [2.24, 2.45) is 0 Å². The zero-order valence-electron chi connectivity index (χ0n) is 17.8. The van der Waals surface area contributed by atoms with Gasteiger partial charge in [0.2, 0.25) is 0 Å². The van der Waals surface area contributed by atoms with Crippen molar-refractivity contribution < 1.29 is 19.1 Å². The third kappa shape index (κ3) is 3.38. The molecule has 1 aliphatic carbocycles. The molecule has 6 heteroatoms. The van der Waals surface area contributed by atoms with Crippen LogP contribution in [-0.4, -0.2) is 11.6 Å². The van der Waals surface area contributed by atoms with Crippen LogP contribution in [0.15, 0.2) is 78.9 Å². The number of nitrogen functional groups attached to an aromatic ring is 2. The number of aryl methyl sites for hydroxylation is 1. The monoisotopic (exact) mass is 436 g/mol. The average molecular weight is 436 g/mol. The number of ether oxygens (including phenoxy) is 2. The van der Waals surface area contributed by atoms with Gasteiger partial charge in [-0.2, -0.15) is 0 Å². The first-order valence-electron chi connectivity index (χ1n) is 10.4. The lowest BCUT2D eigenvalue weighted by molar-refractivity contribution is 0.0980. The number of carbonyl (C=O) groups excluding carboxylic acids is 2. The number of fused-ring (bicyclic) bond motifs is 2. The van der Waals surface area contributed by atoms with Gasteiger partial charge in [-0.05, 0) is 36.8 Å². The van der Waals surface area contributed by atoms with Crippen molar-refractivity contribution in [3.05, 3.63) is 107 Å². The van der Waals surface area contributed by atoms with Gasteiger partial charge in [0, 0.05) is 11.1 Å². The summed E-state index contributed by atoms with van der Waals surface area (Å²) in [5, 5.41) is 0. The lowest BCUT2D eigenvalue weighted by Crippen LogP contribution is -2.24. The molecule has 0 unspecified atom stereocenters. The summed E-state index contributed by atoms with van der Waals surface area (Å²) in [6.07, 6.45) is 0. The summed E-state index contributed by atoms with van der Waals surface area (Å²) in [7, 11) is 0. The van der Waals surface area contributed by atoms with E-state index in [0.29, 0.717) is 11.5 Å². The molecule has 0 aliphatic heterocycles. The summed E-state index contributed by atoms with van der Waals surface area (Å²) in [5.74, 6) is 0.372. The Kier molecular flexibility index (Phi) is 4.83. The zero-order chi connectivity index (χ0) is 23.1. The van der Waals surface area contributed by atoms with Crippen LogP contribution in [0.3, 0.4) is 0 Å². The smallest absolute Gasteiger partial charge is 0.196 e. The Morgan fingerprint density at radius 1 is 0.606 bits per heavy atom. The fraction of sp³-hybridized carbons (Fsp3) is 0.0370. The minimum atomic E-state index is -0.385. The molecular weight excluding hydrogens is 416 g/mol. The number of benzene rings is 4. The van der Waals surface area contributed by atoms with Crippen molar-refractivity contribution in [3.63, 3.8) is 0 Å². The first-order valence-corrected chi connectivity index (χ1v) is 10.4. The number of carbonyl (C=O) groups is 2. The highest BCUT2D eigenvalue weighted by molar-refractivity contribution is 6.32. The number of anilines is 2. The molecule has 4 aromatic carbocycles. The van der Waals surface area contributed by atoms with Crippen LogP contribution in [0.1, 0.15) is 37.4 Å². The normalized spacial score (nSPS) is 12.2. The maximum absolute atomic E-state index is 13.4. The van der Waals surface area contributed by atoms with Crippen LogP contribution in [-0.2, 0) is 0 Å². The molecule has 0 saturated heterocycles. The maximum atomic E-state index is 13.4. The van der Waals surface area contributed by atoms with Crippen molar-refractivity contribution in [2.45, 2.75) is 6.92 Å². The van der Waals surface area contributed by atoms with E-state index in [1.54, 1.807) is 54.6 Å². The second-order valence-electron chi connectivity index (χ2n) is 7.77. The van der Waals surface area contributed by atoms with Gasteiger partial charge in [-0.1, -0.05) is 54.6 Å². The second kappa shape index (κ2) is 7.84. The van der Waals surface area contributed by atoms with Crippen molar-refractivity contribution in [2.75, 3.05) is 11.5 Å². The first kappa shape index (κ1) is 20.3. The van der Waals surface area contributed by atoms with E-state index in [1.165, 1.54) is 0 Å². The number of ketones is 2. The first-order chi connectivity index (χ1) is 16.0. The van der Waals surface area contributed by atoms with E-state index in [4.69, 9.17) is 20.9 Å². The van der Waals surface area contributed by atoms with E-state index in [-0.39, 0.29) is 56.7 Å². The number of hydrogen-bond acceptors (Lipinski definition) is 6. The molecule has 0 heterocycles. The Labute approximate surface area is 190 Å². The van der Waals surface area contributed by atoms with Gasteiger partial charge < -0.3 is 20.9 Å². The number of rotatable bonds is 4. The van der Waals surface area contributed by atoms with Crippen LogP contribution in [0.4, 0.5) is 11.4 Å². The third-order valence-electron chi connectivity index (χ3n) is 5.53. The van der Waals surface area contributed by atoms with Crippen LogP contribution in [0.2, 0.25) is 0 Å². The van der Waals surface area contributed by atoms with E-state index in [0.717, 1.165) is 5.56 Å². The third-order valence-corrected chi connectivity index (χ3v) is 5.53. The van der Waals surface area contributed by atoms with Crippen LogP contribution in [0.25, 0.3) is 0 Å². The summed E-state index contributed by atoms with van der Waals surface area (Å²) in [4.78, 5) is 26.7. The molecule has 0 aromatic heterocycles. The molecular formula is C27H20N2O4. The quantitative estimate of drug-likeness (QED) is 0.360. The Morgan fingerprint density at radius 2 is 1.09 bits per heavy atom. The number of para-hydroxylation sites is 1. The SMILES string of the molecule is Cc1cccc(Oc2c(N)c3c(c(N)c2Oc2ccccc2)C(=O)c2ccccc2C3=O)c1. The molecule has 0 bridgehead atoms. The Morgan fingerprint density at radius 3 is 1.64 bits per heavy atom. The Hall–Kier alpha value is -4.58. The summed E-state index contributed by atoms with van der Waals surface area (Å²) in [6, 6.07) is 22.9. The predicted octanol–water partition coefficient (Wildman–Crippen LogP) is 5.52. The minimum Gasteiger partial charge on any atom is -0.451 e. The molecule has 0 saturated carbocycles. The predicted molar refractivity (Wildman–Crippen MR) is 126 cm³/mol. The van der Waals surface area contributed by atoms with Crippen LogP contribution in [0.5, 0.6) is 23.0 Å².